The smallest absolute Gasteiger partial charge is 0.210 e. The number of hydrogen-bond acceptors (Lipinski definition) is 4. The lowest BCUT2D eigenvalue weighted by atomic mass is 10.2. The summed E-state index contributed by atoms with van der Waals surface area (Å²) < 4.78 is 1.46. The van der Waals surface area contributed by atoms with Crippen molar-refractivity contribution in [3.8, 4) is 11.4 Å². The van der Waals surface area contributed by atoms with Crippen molar-refractivity contribution < 1.29 is 0 Å². The fourth-order valence-electron chi connectivity index (χ4n) is 1.93. The maximum absolute atomic E-state index is 6.17. The van der Waals surface area contributed by atoms with Crippen LogP contribution in [0, 0.1) is 0 Å². The number of benzene rings is 2. The molecule has 4 nitrogen and oxygen atoms in total. The van der Waals surface area contributed by atoms with Gasteiger partial charge in [0.25, 0.3) is 0 Å². The van der Waals surface area contributed by atoms with Crippen LogP contribution in [0.4, 0.5) is 0 Å². The predicted octanol–water partition coefficient (Wildman–Crippen LogP) is 4.26. The molecule has 0 saturated carbocycles. The molecule has 1 aromatic heterocycles. The van der Waals surface area contributed by atoms with Crippen LogP contribution in [-0.2, 0) is 5.75 Å². The van der Waals surface area contributed by atoms with Gasteiger partial charge in [-0.2, -0.15) is 0 Å². The SMILES string of the molecule is Nn1c(SCc2ccc(Cl)cc2)nnc1-c1ccccc1Cl. The average Bonchev–Trinajstić information content (AvgIpc) is 2.88. The molecule has 1 heterocycles. The number of nitrogens with two attached hydrogens (primary N) is 1. The third-order valence-electron chi connectivity index (χ3n) is 3.06. The fourth-order valence-corrected chi connectivity index (χ4v) is 3.09. The number of thioether (sulfide) groups is 1. The predicted molar refractivity (Wildman–Crippen MR) is 91.6 cm³/mol. The van der Waals surface area contributed by atoms with Crippen molar-refractivity contribution in [2.24, 2.45) is 0 Å². The molecule has 0 atom stereocenters. The zero-order valence-electron chi connectivity index (χ0n) is 11.4. The van der Waals surface area contributed by atoms with Crippen LogP contribution in [0.5, 0.6) is 0 Å². The molecule has 0 saturated heterocycles. The monoisotopic (exact) mass is 350 g/mol. The highest BCUT2D eigenvalue weighted by Crippen LogP contribution is 2.28. The van der Waals surface area contributed by atoms with E-state index in [4.69, 9.17) is 29.0 Å². The van der Waals surface area contributed by atoms with Crippen molar-refractivity contribution in [3.05, 3.63) is 64.1 Å². The van der Waals surface area contributed by atoms with Gasteiger partial charge in [-0.15, -0.1) is 10.2 Å². The summed E-state index contributed by atoms with van der Waals surface area (Å²) in [7, 11) is 0. The van der Waals surface area contributed by atoms with Crippen LogP contribution in [0.25, 0.3) is 11.4 Å². The van der Waals surface area contributed by atoms with E-state index in [0.717, 1.165) is 21.9 Å². The molecule has 0 aliphatic rings. The minimum Gasteiger partial charge on any atom is -0.335 e. The van der Waals surface area contributed by atoms with Crippen molar-refractivity contribution in [3.63, 3.8) is 0 Å². The van der Waals surface area contributed by atoms with Crippen molar-refractivity contribution in [2.75, 3.05) is 5.84 Å². The summed E-state index contributed by atoms with van der Waals surface area (Å²) in [5, 5.41) is 10.2. The summed E-state index contributed by atoms with van der Waals surface area (Å²) in [6, 6.07) is 15.1. The van der Waals surface area contributed by atoms with Crippen LogP contribution in [0.1, 0.15) is 5.56 Å². The van der Waals surface area contributed by atoms with Gasteiger partial charge in [-0.25, -0.2) is 4.68 Å². The van der Waals surface area contributed by atoms with E-state index in [2.05, 4.69) is 10.2 Å². The first kappa shape index (κ1) is 15.2. The number of hydrogen-bond donors (Lipinski definition) is 1. The molecule has 0 aliphatic carbocycles. The van der Waals surface area contributed by atoms with Gasteiger partial charge in [0.2, 0.25) is 5.16 Å². The number of rotatable bonds is 4. The number of aromatic nitrogens is 3. The highest BCUT2D eigenvalue weighted by Gasteiger charge is 2.14. The van der Waals surface area contributed by atoms with Gasteiger partial charge in [0.15, 0.2) is 5.82 Å². The van der Waals surface area contributed by atoms with Crippen LogP contribution < -0.4 is 5.84 Å². The number of halogens is 2. The Labute approximate surface area is 142 Å². The molecule has 0 radical (unpaired) electrons. The lowest BCUT2D eigenvalue weighted by Crippen LogP contribution is -2.11. The van der Waals surface area contributed by atoms with E-state index in [-0.39, 0.29) is 0 Å². The van der Waals surface area contributed by atoms with E-state index in [1.165, 1.54) is 16.4 Å². The molecule has 3 aromatic rings. The van der Waals surface area contributed by atoms with Gasteiger partial charge < -0.3 is 5.84 Å². The van der Waals surface area contributed by atoms with Crippen LogP contribution in [0.15, 0.2) is 53.7 Å². The summed E-state index contributed by atoms with van der Waals surface area (Å²) in [4.78, 5) is 0. The fraction of sp³-hybridized carbons (Fsp3) is 0.0667. The maximum Gasteiger partial charge on any atom is 0.210 e. The molecular formula is C15H12Cl2N4S. The van der Waals surface area contributed by atoms with E-state index in [1.807, 2.05) is 42.5 Å². The second kappa shape index (κ2) is 6.60. The average molecular weight is 351 g/mol. The Morgan fingerprint density at radius 3 is 2.45 bits per heavy atom. The number of nitrogen functional groups attached to an aromatic ring is 1. The molecule has 7 heteroatoms. The van der Waals surface area contributed by atoms with Gasteiger partial charge in [-0.1, -0.05) is 59.2 Å². The van der Waals surface area contributed by atoms with Crippen LogP contribution in [-0.4, -0.2) is 14.9 Å². The first-order valence-corrected chi connectivity index (χ1v) is 8.22. The molecular weight excluding hydrogens is 339 g/mol. The third-order valence-corrected chi connectivity index (χ3v) is 4.66. The van der Waals surface area contributed by atoms with Gasteiger partial charge >= 0.3 is 0 Å². The Morgan fingerprint density at radius 2 is 1.73 bits per heavy atom. The Kier molecular flexibility index (Phi) is 4.57. The van der Waals surface area contributed by atoms with Crippen molar-refractivity contribution in [2.45, 2.75) is 10.9 Å². The minimum absolute atomic E-state index is 0.546. The molecule has 0 spiro atoms. The second-order valence-electron chi connectivity index (χ2n) is 4.57. The van der Waals surface area contributed by atoms with Gasteiger partial charge in [0.1, 0.15) is 0 Å². The molecule has 112 valence electrons. The lowest BCUT2D eigenvalue weighted by Gasteiger charge is -2.05. The first-order chi connectivity index (χ1) is 10.6. The highest BCUT2D eigenvalue weighted by atomic mass is 35.5. The second-order valence-corrected chi connectivity index (χ2v) is 6.36. The Hall–Kier alpha value is -1.69. The van der Waals surface area contributed by atoms with Crippen LogP contribution in [0.3, 0.4) is 0 Å². The largest absolute Gasteiger partial charge is 0.335 e. The van der Waals surface area contributed by atoms with Crippen LogP contribution >= 0.6 is 35.0 Å². The molecule has 0 bridgehead atoms. The van der Waals surface area contributed by atoms with E-state index >= 15 is 0 Å². The minimum atomic E-state index is 0.546. The van der Waals surface area contributed by atoms with Gasteiger partial charge in [0, 0.05) is 16.3 Å². The first-order valence-electron chi connectivity index (χ1n) is 6.48. The Bertz CT molecular complexity index is 786. The molecule has 0 aliphatic heterocycles. The van der Waals surface area contributed by atoms with Gasteiger partial charge in [0.05, 0.1) is 5.02 Å². The molecule has 3 rings (SSSR count). The molecule has 2 N–H and O–H groups in total. The Balaban J connectivity index is 1.79. The quantitative estimate of drug-likeness (QED) is 0.564. The van der Waals surface area contributed by atoms with E-state index in [1.54, 1.807) is 6.07 Å². The summed E-state index contributed by atoms with van der Waals surface area (Å²) in [5.74, 6) is 7.36. The summed E-state index contributed by atoms with van der Waals surface area (Å²) >= 11 is 13.6. The van der Waals surface area contributed by atoms with Crippen LogP contribution in [0.2, 0.25) is 10.0 Å². The van der Waals surface area contributed by atoms with Crippen molar-refractivity contribution >= 4 is 35.0 Å². The van der Waals surface area contributed by atoms with Crippen molar-refractivity contribution in [1.29, 1.82) is 0 Å². The standard InChI is InChI=1S/C15H12Cl2N4S/c16-11-7-5-10(6-8-11)9-22-15-20-19-14(21(15)18)12-3-1-2-4-13(12)17/h1-8H,9,18H2. The zero-order valence-corrected chi connectivity index (χ0v) is 13.7. The molecule has 2 aromatic carbocycles. The van der Waals surface area contributed by atoms with Crippen molar-refractivity contribution in [1.82, 2.24) is 14.9 Å². The Morgan fingerprint density at radius 1 is 1.00 bits per heavy atom. The summed E-state index contributed by atoms with van der Waals surface area (Å²) in [5.41, 5.74) is 1.90. The third kappa shape index (κ3) is 3.21. The lowest BCUT2D eigenvalue weighted by molar-refractivity contribution is 0.849. The molecule has 0 amide bonds. The van der Waals surface area contributed by atoms with E-state index < -0.39 is 0 Å². The molecule has 0 fully saturated rings. The normalized spacial score (nSPS) is 10.8. The van der Waals surface area contributed by atoms with E-state index in [9.17, 15) is 0 Å². The zero-order chi connectivity index (χ0) is 15.5. The maximum atomic E-state index is 6.17. The molecule has 0 unspecified atom stereocenters. The highest BCUT2D eigenvalue weighted by molar-refractivity contribution is 7.98. The topological polar surface area (TPSA) is 56.7 Å². The summed E-state index contributed by atoms with van der Waals surface area (Å²) in [6.45, 7) is 0. The summed E-state index contributed by atoms with van der Waals surface area (Å²) in [6.07, 6.45) is 0. The van der Waals surface area contributed by atoms with Gasteiger partial charge in [-0.3, -0.25) is 0 Å². The van der Waals surface area contributed by atoms with Gasteiger partial charge in [-0.05, 0) is 29.8 Å². The number of nitrogens with zero attached hydrogens (tertiary/aromatic N) is 3. The van der Waals surface area contributed by atoms with E-state index in [0.29, 0.717) is 16.0 Å². The molecule has 22 heavy (non-hydrogen) atoms.